The van der Waals surface area contributed by atoms with E-state index in [1.165, 1.54) is 11.3 Å². The van der Waals surface area contributed by atoms with Crippen molar-refractivity contribution in [1.82, 2.24) is 0 Å². The first-order valence-corrected chi connectivity index (χ1v) is 3.95. The van der Waals surface area contributed by atoms with Crippen molar-refractivity contribution in [1.29, 1.82) is 10.5 Å². The zero-order valence-corrected chi connectivity index (χ0v) is 6.80. The highest BCUT2D eigenvalue weighted by atomic mass is 32.1. The molecule has 0 aliphatic rings. The number of thiophene rings is 1. The Bertz CT molecular complexity index is 362. The Morgan fingerprint density at radius 3 is 2.50 bits per heavy atom. The predicted octanol–water partition coefficient (Wildman–Crippen LogP) is 2.06. The summed E-state index contributed by atoms with van der Waals surface area (Å²) in [7, 11) is 0. The summed E-state index contributed by atoms with van der Waals surface area (Å²) >= 11 is 1.28. The molecule has 1 aromatic rings. The van der Waals surface area contributed by atoms with Crippen LogP contribution in [0.1, 0.15) is 4.88 Å². The van der Waals surface area contributed by atoms with E-state index in [1.807, 2.05) is 0 Å². The minimum absolute atomic E-state index is 0.241. The van der Waals surface area contributed by atoms with Gasteiger partial charge in [0.2, 0.25) is 0 Å². The molecule has 0 spiro atoms. The lowest BCUT2D eigenvalue weighted by Gasteiger charge is -1.92. The van der Waals surface area contributed by atoms with Gasteiger partial charge in [-0.05, 0) is 11.4 Å². The number of allylic oxidation sites excluding steroid dienone is 1. The van der Waals surface area contributed by atoms with Crippen LogP contribution in [0, 0.1) is 22.7 Å². The van der Waals surface area contributed by atoms with E-state index in [-0.39, 0.29) is 11.3 Å². The molecule has 0 amide bonds. The molecule has 0 bridgehead atoms. The molecule has 0 saturated carbocycles. The van der Waals surface area contributed by atoms with E-state index < -0.39 is 0 Å². The van der Waals surface area contributed by atoms with Gasteiger partial charge in [0.15, 0.2) is 11.3 Å². The van der Waals surface area contributed by atoms with Crippen molar-refractivity contribution in [3.63, 3.8) is 0 Å². The van der Waals surface area contributed by atoms with Crippen LogP contribution in [0.5, 0.6) is 0 Å². The van der Waals surface area contributed by atoms with E-state index in [9.17, 15) is 5.11 Å². The van der Waals surface area contributed by atoms with Crippen LogP contribution in [0.15, 0.2) is 23.1 Å². The van der Waals surface area contributed by atoms with Crippen molar-refractivity contribution < 1.29 is 5.11 Å². The van der Waals surface area contributed by atoms with E-state index in [4.69, 9.17) is 10.5 Å². The number of hydrogen-bond donors (Lipinski definition) is 1. The molecule has 58 valence electrons. The summed E-state index contributed by atoms with van der Waals surface area (Å²) in [6, 6.07) is 6.62. The lowest BCUT2D eigenvalue weighted by Crippen LogP contribution is -1.82. The van der Waals surface area contributed by atoms with Crippen LogP contribution in [-0.2, 0) is 0 Å². The molecule has 3 nitrogen and oxygen atoms in total. The molecule has 0 unspecified atom stereocenters. The van der Waals surface area contributed by atoms with Crippen LogP contribution in [0.2, 0.25) is 0 Å². The second-order valence-electron chi connectivity index (χ2n) is 1.92. The second-order valence-corrected chi connectivity index (χ2v) is 2.87. The number of nitrogens with zero attached hydrogens (tertiary/aromatic N) is 2. The van der Waals surface area contributed by atoms with Gasteiger partial charge in [-0.1, -0.05) is 6.07 Å². The minimum Gasteiger partial charge on any atom is -0.504 e. The highest BCUT2D eigenvalue weighted by molar-refractivity contribution is 7.11. The molecule has 1 heterocycles. The van der Waals surface area contributed by atoms with Crippen molar-refractivity contribution in [3.8, 4) is 12.1 Å². The summed E-state index contributed by atoms with van der Waals surface area (Å²) in [5.74, 6) is -0.241. The molecule has 1 aromatic heterocycles. The summed E-state index contributed by atoms with van der Waals surface area (Å²) < 4.78 is 0. The first-order chi connectivity index (χ1) is 5.79. The SMILES string of the molecule is N#CC(C#N)=C(O)c1cccs1. The average Bonchev–Trinajstić information content (AvgIpc) is 2.58. The molecule has 0 radical (unpaired) electrons. The fourth-order valence-electron chi connectivity index (χ4n) is 0.667. The Morgan fingerprint density at radius 2 is 2.08 bits per heavy atom. The third-order valence-corrected chi connectivity index (χ3v) is 2.09. The molecular formula is C8H4N2OS. The van der Waals surface area contributed by atoms with Gasteiger partial charge in [0.1, 0.15) is 12.1 Å². The molecular weight excluding hydrogens is 172 g/mol. The molecule has 12 heavy (non-hydrogen) atoms. The highest BCUT2D eigenvalue weighted by Crippen LogP contribution is 2.20. The standard InChI is InChI=1S/C8H4N2OS/c9-4-6(5-10)8(11)7-2-1-3-12-7/h1-3,11H. The van der Waals surface area contributed by atoms with Gasteiger partial charge in [0.25, 0.3) is 0 Å². The van der Waals surface area contributed by atoms with Crippen molar-refractivity contribution in [3.05, 3.63) is 28.0 Å². The molecule has 0 atom stereocenters. The summed E-state index contributed by atoms with van der Waals surface area (Å²) in [5.41, 5.74) is -0.252. The minimum atomic E-state index is -0.252. The van der Waals surface area contributed by atoms with Gasteiger partial charge < -0.3 is 5.11 Å². The van der Waals surface area contributed by atoms with Crippen LogP contribution in [0.3, 0.4) is 0 Å². The fourth-order valence-corrected chi connectivity index (χ4v) is 1.34. The van der Waals surface area contributed by atoms with E-state index in [0.29, 0.717) is 4.88 Å². The van der Waals surface area contributed by atoms with Crippen LogP contribution in [-0.4, -0.2) is 5.11 Å². The number of rotatable bonds is 1. The number of aliphatic hydroxyl groups excluding tert-OH is 1. The zero-order chi connectivity index (χ0) is 8.97. The third-order valence-electron chi connectivity index (χ3n) is 1.21. The number of hydrogen-bond acceptors (Lipinski definition) is 4. The van der Waals surface area contributed by atoms with Crippen molar-refractivity contribution in [2.45, 2.75) is 0 Å². The molecule has 0 aromatic carbocycles. The molecule has 0 aliphatic heterocycles. The quantitative estimate of drug-likeness (QED) is 0.526. The van der Waals surface area contributed by atoms with Gasteiger partial charge in [0.05, 0.1) is 4.88 Å². The van der Waals surface area contributed by atoms with Crippen molar-refractivity contribution in [2.24, 2.45) is 0 Å². The molecule has 4 heteroatoms. The van der Waals surface area contributed by atoms with Gasteiger partial charge in [-0.2, -0.15) is 10.5 Å². The Morgan fingerprint density at radius 1 is 1.42 bits per heavy atom. The van der Waals surface area contributed by atoms with E-state index in [1.54, 1.807) is 29.7 Å². The normalized spacial score (nSPS) is 8.17. The largest absolute Gasteiger partial charge is 0.504 e. The monoisotopic (exact) mass is 176 g/mol. The Hall–Kier alpha value is -1.78. The maximum Gasteiger partial charge on any atom is 0.172 e. The smallest absolute Gasteiger partial charge is 0.172 e. The number of nitriles is 2. The van der Waals surface area contributed by atoms with Crippen molar-refractivity contribution in [2.75, 3.05) is 0 Å². The van der Waals surface area contributed by atoms with E-state index in [0.717, 1.165) is 0 Å². The van der Waals surface area contributed by atoms with Crippen LogP contribution in [0.4, 0.5) is 0 Å². The topological polar surface area (TPSA) is 67.8 Å². The lowest BCUT2D eigenvalue weighted by molar-refractivity contribution is 0.512. The van der Waals surface area contributed by atoms with Gasteiger partial charge >= 0.3 is 0 Å². The Balaban J connectivity index is 3.16. The molecule has 1 N–H and O–H groups in total. The summed E-state index contributed by atoms with van der Waals surface area (Å²) in [6.45, 7) is 0. The first kappa shape index (κ1) is 8.32. The van der Waals surface area contributed by atoms with Gasteiger partial charge in [-0.3, -0.25) is 0 Å². The van der Waals surface area contributed by atoms with Gasteiger partial charge in [-0.15, -0.1) is 11.3 Å². The molecule has 0 aliphatic carbocycles. The summed E-state index contributed by atoms with van der Waals surface area (Å²) in [6.07, 6.45) is 0. The van der Waals surface area contributed by atoms with Gasteiger partial charge in [0, 0.05) is 0 Å². The van der Waals surface area contributed by atoms with Crippen LogP contribution >= 0.6 is 11.3 Å². The summed E-state index contributed by atoms with van der Waals surface area (Å²) in [4.78, 5) is 0.535. The van der Waals surface area contributed by atoms with Gasteiger partial charge in [-0.25, -0.2) is 0 Å². The predicted molar refractivity (Wildman–Crippen MR) is 45.1 cm³/mol. The third kappa shape index (κ3) is 1.45. The maximum absolute atomic E-state index is 9.31. The summed E-state index contributed by atoms with van der Waals surface area (Å²) in [5, 5.41) is 27.9. The fraction of sp³-hybridized carbons (Fsp3) is 0. The Labute approximate surface area is 73.4 Å². The molecule has 0 saturated heterocycles. The second kappa shape index (κ2) is 3.56. The average molecular weight is 176 g/mol. The first-order valence-electron chi connectivity index (χ1n) is 3.07. The molecule has 0 fully saturated rings. The van der Waals surface area contributed by atoms with E-state index >= 15 is 0 Å². The van der Waals surface area contributed by atoms with E-state index in [2.05, 4.69) is 0 Å². The lowest BCUT2D eigenvalue weighted by atomic mass is 10.2. The van der Waals surface area contributed by atoms with Crippen LogP contribution < -0.4 is 0 Å². The Kier molecular flexibility index (Phi) is 2.47. The molecule has 1 rings (SSSR count). The van der Waals surface area contributed by atoms with Crippen LogP contribution in [0.25, 0.3) is 5.76 Å². The van der Waals surface area contributed by atoms with Crippen molar-refractivity contribution >= 4 is 17.1 Å². The number of aliphatic hydroxyl groups is 1. The maximum atomic E-state index is 9.31. The zero-order valence-electron chi connectivity index (χ0n) is 5.98. The highest BCUT2D eigenvalue weighted by Gasteiger charge is 2.06.